The van der Waals surface area contributed by atoms with Crippen molar-refractivity contribution < 1.29 is 23.4 Å². The van der Waals surface area contributed by atoms with Crippen molar-refractivity contribution in [2.75, 3.05) is 5.32 Å². The first-order valence-corrected chi connectivity index (χ1v) is 8.27. The van der Waals surface area contributed by atoms with Crippen molar-refractivity contribution in [3.63, 3.8) is 0 Å². The summed E-state index contributed by atoms with van der Waals surface area (Å²) >= 11 is 0. The van der Waals surface area contributed by atoms with Crippen molar-refractivity contribution in [1.29, 1.82) is 0 Å². The van der Waals surface area contributed by atoms with Gasteiger partial charge in [0.05, 0.1) is 5.69 Å². The molecule has 1 aromatic carbocycles. The number of nitrogens with one attached hydrogen (secondary N) is 1. The molecule has 0 aliphatic carbocycles. The molecule has 0 aromatic heterocycles. The molecule has 1 aromatic rings. The Bertz CT molecular complexity index is 585. The minimum absolute atomic E-state index is 0.000286. The maximum Gasteiger partial charge on any atom is 0.412 e. The van der Waals surface area contributed by atoms with E-state index in [-0.39, 0.29) is 11.5 Å². The molecule has 0 radical (unpaired) electrons. The fraction of sp³-hybridized carbons (Fsp3) is 0.632. The van der Waals surface area contributed by atoms with Crippen molar-refractivity contribution in [3.8, 4) is 11.5 Å². The van der Waals surface area contributed by atoms with Gasteiger partial charge in [0, 0.05) is 12.1 Å². The number of carbonyl (C=O) groups is 1. The monoisotopic (exact) mass is 355 g/mol. The Hall–Kier alpha value is -1.98. The summed E-state index contributed by atoms with van der Waals surface area (Å²) < 4.78 is 31.3. The van der Waals surface area contributed by atoms with Crippen LogP contribution in [0, 0.1) is 5.82 Å². The predicted molar refractivity (Wildman–Crippen MR) is 97.0 cm³/mol. The lowest BCUT2D eigenvalue weighted by atomic mass is 10.1. The molecular formula is C19H30FNO4. The van der Waals surface area contributed by atoms with Crippen LogP contribution in [-0.4, -0.2) is 22.9 Å². The van der Waals surface area contributed by atoms with Crippen LogP contribution >= 0.6 is 0 Å². The van der Waals surface area contributed by atoms with Gasteiger partial charge in [-0.3, -0.25) is 5.32 Å². The summed E-state index contributed by atoms with van der Waals surface area (Å²) in [6.45, 7) is 16.2. The van der Waals surface area contributed by atoms with Gasteiger partial charge in [0.15, 0.2) is 11.5 Å². The van der Waals surface area contributed by atoms with E-state index in [1.54, 1.807) is 20.8 Å². The second-order valence-electron chi connectivity index (χ2n) is 8.84. The Morgan fingerprint density at radius 2 is 1.24 bits per heavy atom. The number of hydrogen-bond donors (Lipinski definition) is 1. The molecule has 0 bridgehead atoms. The normalized spacial score (nSPS) is 12.6. The molecular weight excluding hydrogens is 325 g/mol. The minimum atomic E-state index is -0.639. The quantitative estimate of drug-likeness (QED) is 0.775. The maximum absolute atomic E-state index is 14.7. The predicted octanol–water partition coefficient (Wildman–Crippen LogP) is 5.53. The van der Waals surface area contributed by atoms with Crippen LogP contribution < -0.4 is 14.8 Å². The molecule has 6 heteroatoms. The molecule has 142 valence electrons. The molecule has 5 nitrogen and oxygen atoms in total. The first-order chi connectivity index (χ1) is 11.1. The van der Waals surface area contributed by atoms with Crippen molar-refractivity contribution in [3.05, 3.63) is 17.9 Å². The van der Waals surface area contributed by atoms with Crippen molar-refractivity contribution >= 4 is 11.8 Å². The summed E-state index contributed by atoms with van der Waals surface area (Å²) in [6, 6.07) is 2.83. The Balaban J connectivity index is 3.21. The number of ether oxygens (including phenoxy) is 3. The highest BCUT2D eigenvalue weighted by atomic mass is 19.1. The third-order valence-electron chi connectivity index (χ3n) is 2.48. The molecule has 0 saturated heterocycles. The first-order valence-electron chi connectivity index (χ1n) is 8.27. The van der Waals surface area contributed by atoms with Crippen LogP contribution in [0.3, 0.4) is 0 Å². The smallest absolute Gasteiger partial charge is 0.412 e. The molecule has 0 atom stereocenters. The maximum atomic E-state index is 14.7. The Morgan fingerprint density at radius 1 is 0.840 bits per heavy atom. The molecule has 0 aliphatic heterocycles. The van der Waals surface area contributed by atoms with E-state index in [0.29, 0.717) is 5.69 Å². The van der Waals surface area contributed by atoms with E-state index >= 15 is 0 Å². The number of halogens is 1. The van der Waals surface area contributed by atoms with Crippen molar-refractivity contribution in [2.24, 2.45) is 0 Å². The van der Waals surface area contributed by atoms with Crippen LogP contribution in [0.2, 0.25) is 0 Å². The lowest BCUT2D eigenvalue weighted by Crippen LogP contribution is -2.28. The van der Waals surface area contributed by atoms with Gasteiger partial charge in [-0.1, -0.05) is 0 Å². The van der Waals surface area contributed by atoms with Gasteiger partial charge >= 0.3 is 6.09 Å². The molecule has 1 amide bonds. The molecule has 1 rings (SSSR count). The molecule has 0 fully saturated rings. The third-order valence-corrected chi connectivity index (χ3v) is 2.48. The second kappa shape index (κ2) is 7.10. The average Bonchev–Trinajstić information content (AvgIpc) is 2.28. The zero-order valence-corrected chi connectivity index (χ0v) is 16.7. The number of hydrogen-bond acceptors (Lipinski definition) is 4. The van der Waals surface area contributed by atoms with Crippen LogP contribution in [0.1, 0.15) is 62.3 Å². The molecule has 25 heavy (non-hydrogen) atoms. The number of rotatable bonds is 3. The van der Waals surface area contributed by atoms with Gasteiger partial charge in [0.25, 0.3) is 0 Å². The van der Waals surface area contributed by atoms with Crippen LogP contribution in [0.15, 0.2) is 12.1 Å². The van der Waals surface area contributed by atoms with E-state index in [9.17, 15) is 9.18 Å². The Kier molecular flexibility index (Phi) is 5.98. The third kappa shape index (κ3) is 8.09. The van der Waals surface area contributed by atoms with Gasteiger partial charge in [-0.25, -0.2) is 4.79 Å². The van der Waals surface area contributed by atoms with Crippen LogP contribution in [0.4, 0.5) is 14.9 Å². The largest absolute Gasteiger partial charge is 0.485 e. The molecule has 0 saturated carbocycles. The van der Waals surface area contributed by atoms with Gasteiger partial charge in [-0.15, -0.1) is 0 Å². The number of amides is 1. The van der Waals surface area contributed by atoms with E-state index in [2.05, 4.69) is 5.32 Å². The standard InChI is InChI=1S/C19H30FNO4/c1-17(2,3)23-13-10-12(21-16(22)25-19(7,8)9)11-14(15(13)20)24-18(4,5)6/h10-11H,1-9H3,(H,21,22). The summed E-state index contributed by atoms with van der Waals surface area (Å²) in [5.41, 5.74) is -1.52. The molecule has 0 spiro atoms. The van der Waals surface area contributed by atoms with Crippen molar-refractivity contribution in [1.82, 2.24) is 0 Å². The van der Waals surface area contributed by atoms with Gasteiger partial charge in [-0.2, -0.15) is 4.39 Å². The summed E-state index contributed by atoms with van der Waals surface area (Å²) in [6.07, 6.45) is -0.637. The number of anilines is 1. The van der Waals surface area contributed by atoms with Crippen LogP contribution in [-0.2, 0) is 4.74 Å². The minimum Gasteiger partial charge on any atom is -0.485 e. The lowest BCUT2D eigenvalue weighted by molar-refractivity contribution is 0.0636. The van der Waals surface area contributed by atoms with Crippen LogP contribution in [0.5, 0.6) is 11.5 Å². The van der Waals surface area contributed by atoms with E-state index in [1.807, 2.05) is 41.5 Å². The zero-order chi connectivity index (χ0) is 19.6. The number of carbonyl (C=O) groups excluding carboxylic acids is 1. The molecule has 1 N–H and O–H groups in total. The molecule has 0 unspecified atom stereocenters. The van der Waals surface area contributed by atoms with E-state index in [1.165, 1.54) is 12.1 Å². The fourth-order valence-electron chi connectivity index (χ4n) is 1.87. The fourth-order valence-corrected chi connectivity index (χ4v) is 1.87. The van der Waals surface area contributed by atoms with Crippen LogP contribution in [0.25, 0.3) is 0 Å². The first kappa shape index (κ1) is 21.1. The van der Waals surface area contributed by atoms with Gasteiger partial charge in [0.2, 0.25) is 5.82 Å². The topological polar surface area (TPSA) is 56.8 Å². The highest BCUT2D eigenvalue weighted by Gasteiger charge is 2.24. The van der Waals surface area contributed by atoms with E-state index in [4.69, 9.17) is 14.2 Å². The van der Waals surface area contributed by atoms with Gasteiger partial charge < -0.3 is 14.2 Å². The summed E-state index contributed by atoms with van der Waals surface area (Å²) in [4.78, 5) is 12.0. The highest BCUT2D eigenvalue weighted by Crippen LogP contribution is 2.35. The van der Waals surface area contributed by atoms with Crippen molar-refractivity contribution in [2.45, 2.75) is 79.1 Å². The molecule has 0 heterocycles. The highest BCUT2D eigenvalue weighted by molar-refractivity contribution is 5.85. The van der Waals surface area contributed by atoms with E-state index in [0.717, 1.165) is 0 Å². The average molecular weight is 355 g/mol. The van der Waals surface area contributed by atoms with Gasteiger partial charge in [0.1, 0.15) is 16.8 Å². The number of benzene rings is 1. The SMILES string of the molecule is CC(C)(C)OC(=O)Nc1cc(OC(C)(C)C)c(F)c(OC(C)(C)C)c1. The Labute approximate surface area is 149 Å². The Morgan fingerprint density at radius 3 is 1.56 bits per heavy atom. The molecule has 0 aliphatic rings. The zero-order valence-electron chi connectivity index (χ0n) is 16.7. The summed E-state index contributed by atoms with van der Waals surface area (Å²) in [5, 5.41) is 2.59. The summed E-state index contributed by atoms with van der Waals surface area (Å²) in [7, 11) is 0. The summed E-state index contributed by atoms with van der Waals surface area (Å²) in [5.74, 6) is -0.611. The van der Waals surface area contributed by atoms with Gasteiger partial charge in [-0.05, 0) is 62.3 Å². The second-order valence-corrected chi connectivity index (χ2v) is 8.84. The lowest BCUT2D eigenvalue weighted by Gasteiger charge is -2.26. The van der Waals surface area contributed by atoms with E-state index < -0.39 is 28.7 Å².